The summed E-state index contributed by atoms with van der Waals surface area (Å²) in [5.74, 6) is 0.885. The van der Waals surface area contributed by atoms with E-state index in [2.05, 4.69) is 45.3 Å². The van der Waals surface area contributed by atoms with Gasteiger partial charge in [-0.2, -0.15) is 0 Å². The lowest BCUT2D eigenvalue weighted by atomic mass is 10.1. The molecule has 1 saturated heterocycles. The number of benzene rings is 1. The highest BCUT2D eigenvalue weighted by molar-refractivity contribution is 9.10. The van der Waals surface area contributed by atoms with E-state index in [0.29, 0.717) is 6.04 Å². The van der Waals surface area contributed by atoms with E-state index in [1.54, 1.807) is 7.11 Å². The highest BCUT2D eigenvalue weighted by Crippen LogP contribution is 2.25. The van der Waals surface area contributed by atoms with Gasteiger partial charge in [-0.25, -0.2) is 0 Å². The van der Waals surface area contributed by atoms with E-state index in [0.717, 1.165) is 23.3 Å². The van der Waals surface area contributed by atoms with E-state index in [1.807, 2.05) is 6.07 Å². The van der Waals surface area contributed by atoms with Gasteiger partial charge >= 0.3 is 0 Å². The lowest BCUT2D eigenvalue weighted by molar-refractivity contribution is 0.226. The van der Waals surface area contributed by atoms with Crippen LogP contribution >= 0.6 is 15.9 Å². The molecule has 1 unspecified atom stereocenters. The van der Waals surface area contributed by atoms with Crippen molar-refractivity contribution >= 4 is 15.9 Å². The van der Waals surface area contributed by atoms with E-state index in [4.69, 9.17) is 4.74 Å². The average molecular weight is 313 g/mol. The van der Waals surface area contributed by atoms with Gasteiger partial charge in [0.25, 0.3) is 0 Å². The highest BCUT2D eigenvalue weighted by Gasteiger charge is 2.16. The van der Waals surface area contributed by atoms with Crippen molar-refractivity contribution in [2.45, 2.75) is 25.4 Å². The Hall–Kier alpha value is -0.580. The number of methoxy groups -OCH3 is 1. The third-order valence-corrected chi connectivity index (χ3v) is 4.06. The van der Waals surface area contributed by atoms with Crippen molar-refractivity contribution in [3.63, 3.8) is 0 Å². The molecule has 0 amide bonds. The maximum atomic E-state index is 5.23. The molecule has 18 heavy (non-hydrogen) atoms. The number of nitrogens with zero attached hydrogens (tertiary/aromatic N) is 1. The van der Waals surface area contributed by atoms with Crippen molar-refractivity contribution in [3.8, 4) is 5.75 Å². The predicted octanol–water partition coefficient (Wildman–Crippen LogP) is 2.64. The van der Waals surface area contributed by atoms with Crippen LogP contribution in [0, 0.1) is 0 Å². The van der Waals surface area contributed by atoms with Gasteiger partial charge in [0.05, 0.1) is 11.6 Å². The fraction of sp³-hybridized carbons (Fsp3) is 0.571. The maximum absolute atomic E-state index is 5.23. The summed E-state index contributed by atoms with van der Waals surface area (Å²) >= 11 is 3.52. The van der Waals surface area contributed by atoms with Gasteiger partial charge in [-0.3, -0.25) is 0 Å². The first-order chi connectivity index (χ1) is 8.69. The lowest BCUT2D eigenvalue weighted by Crippen LogP contribution is -2.43. The minimum Gasteiger partial charge on any atom is -0.496 e. The zero-order chi connectivity index (χ0) is 13.0. The number of likely N-dealkylation sites (tertiary alicyclic amines) is 1. The molecule has 0 bridgehead atoms. The third kappa shape index (κ3) is 3.70. The molecule has 3 nitrogen and oxygen atoms in total. The molecule has 1 aromatic rings. The molecule has 1 heterocycles. The Morgan fingerprint density at radius 2 is 2.33 bits per heavy atom. The van der Waals surface area contributed by atoms with Crippen LogP contribution in [0.1, 0.15) is 18.4 Å². The van der Waals surface area contributed by atoms with Crippen LogP contribution in [0.2, 0.25) is 0 Å². The van der Waals surface area contributed by atoms with Crippen LogP contribution in [0.5, 0.6) is 5.75 Å². The first kappa shape index (κ1) is 13.8. The van der Waals surface area contributed by atoms with Crippen molar-refractivity contribution in [2.24, 2.45) is 0 Å². The van der Waals surface area contributed by atoms with Crippen LogP contribution in [-0.2, 0) is 6.54 Å². The summed E-state index contributed by atoms with van der Waals surface area (Å²) in [7, 11) is 3.88. The van der Waals surface area contributed by atoms with E-state index >= 15 is 0 Å². The minimum atomic E-state index is 0.615. The molecule has 0 spiro atoms. The quantitative estimate of drug-likeness (QED) is 0.925. The third-order valence-electron chi connectivity index (χ3n) is 3.44. The van der Waals surface area contributed by atoms with Gasteiger partial charge in [-0.15, -0.1) is 0 Å². The van der Waals surface area contributed by atoms with Crippen LogP contribution in [0.25, 0.3) is 0 Å². The van der Waals surface area contributed by atoms with Gasteiger partial charge in [-0.05, 0) is 60.1 Å². The van der Waals surface area contributed by atoms with Crippen molar-refractivity contribution in [1.29, 1.82) is 0 Å². The molecule has 1 aromatic carbocycles. The molecule has 0 radical (unpaired) electrons. The van der Waals surface area contributed by atoms with Crippen LogP contribution in [-0.4, -0.2) is 38.2 Å². The molecule has 2 rings (SSSR count). The molecule has 100 valence electrons. The summed E-state index contributed by atoms with van der Waals surface area (Å²) in [4.78, 5) is 2.39. The number of hydrogen-bond acceptors (Lipinski definition) is 3. The van der Waals surface area contributed by atoms with Gasteiger partial charge in [0.1, 0.15) is 5.75 Å². The standard InChI is InChI=1S/C14H21BrN2O/c1-17-7-3-4-12(10-17)16-9-11-5-6-14(18-2)13(15)8-11/h5-6,8,12,16H,3-4,7,9-10H2,1-2H3. The van der Waals surface area contributed by atoms with Crippen LogP contribution in [0.3, 0.4) is 0 Å². The zero-order valence-electron chi connectivity index (χ0n) is 11.1. The normalized spacial score (nSPS) is 20.9. The molecule has 1 atom stereocenters. The predicted molar refractivity (Wildman–Crippen MR) is 78.1 cm³/mol. The summed E-state index contributed by atoms with van der Waals surface area (Å²) in [6.07, 6.45) is 2.57. The summed E-state index contributed by atoms with van der Waals surface area (Å²) in [5.41, 5.74) is 1.29. The Morgan fingerprint density at radius 1 is 1.50 bits per heavy atom. The number of nitrogens with one attached hydrogen (secondary N) is 1. The Morgan fingerprint density at radius 3 is 3.00 bits per heavy atom. The first-order valence-electron chi connectivity index (χ1n) is 6.43. The van der Waals surface area contributed by atoms with Gasteiger partial charge in [-0.1, -0.05) is 6.07 Å². The molecular formula is C14H21BrN2O. The molecule has 0 aromatic heterocycles. The Labute approximate surface area is 118 Å². The van der Waals surface area contributed by atoms with Crippen LogP contribution in [0.4, 0.5) is 0 Å². The second kappa shape index (κ2) is 6.55. The van der Waals surface area contributed by atoms with Crippen molar-refractivity contribution in [3.05, 3.63) is 28.2 Å². The molecule has 1 fully saturated rings. The van der Waals surface area contributed by atoms with E-state index in [1.165, 1.54) is 24.9 Å². The van der Waals surface area contributed by atoms with Gasteiger partial charge < -0.3 is 15.0 Å². The van der Waals surface area contributed by atoms with E-state index < -0.39 is 0 Å². The maximum Gasteiger partial charge on any atom is 0.133 e. The number of hydrogen-bond donors (Lipinski definition) is 1. The summed E-state index contributed by atoms with van der Waals surface area (Å²) in [6, 6.07) is 6.86. The lowest BCUT2D eigenvalue weighted by Gasteiger charge is -2.30. The minimum absolute atomic E-state index is 0.615. The summed E-state index contributed by atoms with van der Waals surface area (Å²) in [5, 5.41) is 3.63. The number of ether oxygens (including phenoxy) is 1. The number of likely N-dealkylation sites (N-methyl/N-ethyl adjacent to an activating group) is 1. The molecule has 0 saturated carbocycles. The van der Waals surface area contributed by atoms with Crippen molar-refractivity contribution in [1.82, 2.24) is 10.2 Å². The van der Waals surface area contributed by atoms with Crippen molar-refractivity contribution in [2.75, 3.05) is 27.2 Å². The fourth-order valence-corrected chi connectivity index (χ4v) is 3.00. The summed E-state index contributed by atoms with van der Waals surface area (Å²) < 4.78 is 6.25. The molecule has 4 heteroatoms. The molecule has 1 N–H and O–H groups in total. The first-order valence-corrected chi connectivity index (χ1v) is 7.22. The van der Waals surface area contributed by atoms with Crippen molar-refractivity contribution < 1.29 is 4.74 Å². The zero-order valence-corrected chi connectivity index (χ0v) is 12.7. The summed E-state index contributed by atoms with van der Waals surface area (Å²) in [6.45, 7) is 3.30. The number of rotatable bonds is 4. The molecule has 0 aliphatic carbocycles. The Balaban J connectivity index is 1.88. The molecular weight excluding hydrogens is 292 g/mol. The number of piperidine rings is 1. The second-order valence-electron chi connectivity index (χ2n) is 4.95. The van der Waals surface area contributed by atoms with Gasteiger partial charge in [0.2, 0.25) is 0 Å². The van der Waals surface area contributed by atoms with Crippen LogP contribution < -0.4 is 10.1 Å². The average Bonchev–Trinajstić information content (AvgIpc) is 2.37. The van der Waals surface area contributed by atoms with Gasteiger partial charge in [0, 0.05) is 19.1 Å². The second-order valence-corrected chi connectivity index (χ2v) is 5.81. The number of halogens is 1. The topological polar surface area (TPSA) is 24.5 Å². The van der Waals surface area contributed by atoms with Crippen LogP contribution in [0.15, 0.2) is 22.7 Å². The Bertz CT molecular complexity index is 397. The van der Waals surface area contributed by atoms with E-state index in [-0.39, 0.29) is 0 Å². The molecule has 1 aliphatic heterocycles. The smallest absolute Gasteiger partial charge is 0.133 e. The fourth-order valence-electron chi connectivity index (χ4n) is 2.42. The largest absolute Gasteiger partial charge is 0.496 e. The van der Waals surface area contributed by atoms with Gasteiger partial charge in [0.15, 0.2) is 0 Å². The highest BCUT2D eigenvalue weighted by atomic mass is 79.9. The Kier molecular flexibility index (Phi) is 5.03. The molecule has 1 aliphatic rings. The monoisotopic (exact) mass is 312 g/mol. The SMILES string of the molecule is COc1ccc(CNC2CCCN(C)C2)cc1Br. The van der Waals surface area contributed by atoms with E-state index in [9.17, 15) is 0 Å².